The molecule has 2 rings (SSSR count). The molecule has 26 heavy (non-hydrogen) atoms. The third kappa shape index (κ3) is 5.17. The molecular formula is C16H21F2N3O5. The Balaban J connectivity index is 2.07. The normalized spacial score (nSPS) is 15.2. The number of ether oxygens (including phenoxy) is 2. The van der Waals surface area contributed by atoms with E-state index in [2.05, 4.69) is 4.74 Å². The number of amides is 1. The van der Waals surface area contributed by atoms with Crippen molar-refractivity contribution in [3.05, 3.63) is 28.3 Å². The van der Waals surface area contributed by atoms with Gasteiger partial charge in [-0.05, 0) is 26.8 Å². The van der Waals surface area contributed by atoms with Gasteiger partial charge in [0.15, 0.2) is 0 Å². The van der Waals surface area contributed by atoms with Gasteiger partial charge in [0.05, 0.1) is 4.92 Å². The Morgan fingerprint density at radius 1 is 1.23 bits per heavy atom. The maximum absolute atomic E-state index is 12.5. The Morgan fingerprint density at radius 2 is 1.85 bits per heavy atom. The molecule has 1 aliphatic rings. The molecule has 0 radical (unpaired) electrons. The van der Waals surface area contributed by atoms with Gasteiger partial charge in [0.1, 0.15) is 5.60 Å². The summed E-state index contributed by atoms with van der Waals surface area (Å²) in [7, 11) is 0. The van der Waals surface area contributed by atoms with E-state index in [0.29, 0.717) is 31.9 Å². The molecule has 0 aliphatic carbocycles. The third-order valence-electron chi connectivity index (χ3n) is 3.65. The summed E-state index contributed by atoms with van der Waals surface area (Å²) in [5.74, 6) is -0.489. The van der Waals surface area contributed by atoms with Crippen LogP contribution in [0.3, 0.4) is 0 Å². The lowest BCUT2D eigenvalue weighted by Crippen LogP contribution is -2.50. The maximum Gasteiger partial charge on any atom is 0.410 e. The molecule has 1 aromatic rings. The third-order valence-corrected chi connectivity index (χ3v) is 3.65. The number of piperazine rings is 1. The topological polar surface area (TPSA) is 85.2 Å². The van der Waals surface area contributed by atoms with Crippen molar-refractivity contribution in [1.82, 2.24) is 4.90 Å². The molecule has 0 unspecified atom stereocenters. The number of carbonyl (C=O) groups is 1. The van der Waals surface area contributed by atoms with Crippen LogP contribution in [0.4, 0.5) is 25.0 Å². The highest BCUT2D eigenvalue weighted by molar-refractivity contribution is 5.69. The van der Waals surface area contributed by atoms with Gasteiger partial charge in [-0.15, -0.1) is 0 Å². The van der Waals surface area contributed by atoms with Crippen LogP contribution in [0.2, 0.25) is 0 Å². The lowest BCUT2D eigenvalue weighted by atomic mass is 10.2. The number of nitro benzene ring substituents is 1. The quantitative estimate of drug-likeness (QED) is 0.595. The number of carbonyl (C=O) groups excluding carboxylic acids is 1. The molecule has 10 heteroatoms. The predicted octanol–water partition coefficient (Wildman–Crippen LogP) is 3.25. The van der Waals surface area contributed by atoms with Crippen molar-refractivity contribution in [2.24, 2.45) is 0 Å². The first kappa shape index (κ1) is 19.7. The molecule has 1 heterocycles. The van der Waals surface area contributed by atoms with Crippen molar-refractivity contribution in [2.75, 3.05) is 31.1 Å². The second-order valence-corrected chi connectivity index (χ2v) is 6.74. The highest BCUT2D eigenvalue weighted by Gasteiger charge is 2.27. The SMILES string of the molecule is CC(C)(C)OC(=O)N1CCN(c2ccc([N+](=O)[O-])c(OC(F)F)c2)CC1. The van der Waals surface area contributed by atoms with Crippen LogP contribution < -0.4 is 9.64 Å². The van der Waals surface area contributed by atoms with Gasteiger partial charge in [0, 0.05) is 44.0 Å². The van der Waals surface area contributed by atoms with Gasteiger partial charge >= 0.3 is 18.4 Å². The van der Waals surface area contributed by atoms with Crippen molar-refractivity contribution in [3.8, 4) is 5.75 Å². The summed E-state index contributed by atoms with van der Waals surface area (Å²) in [5.41, 5.74) is -0.606. The zero-order valence-corrected chi connectivity index (χ0v) is 14.8. The van der Waals surface area contributed by atoms with Crippen LogP contribution in [0.5, 0.6) is 5.75 Å². The predicted molar refractivity (Wildman–Crippen MR) is 89.7 cm³/mol. The van der Waals surface area contributed by atoms with Crippen LogP contribution in [0.15, 0.2) is 18.2 Å². The first-order valence-corrected chi connectivity index (χ1v) is 8.03. The molecule has 0 spiro atoms. The van der Waals surface area contributed by atoms with E-state index in [9.17, 15) is 23.7 Å². The van der Waals surface area contributed by atoms with Gasteiger partial charge in [-0.3, -0.25) is 10.1 Å². The summed E-state index contributed by atoms with van der Waals surface area (Å²) in [5, 5.41) is 10.9. The van der Waals surface area contributed by atoms with E-state index in [4.69, 9.17) is 4.74 Å². The maximum atomic E-state index is 12.5. The van der Waals surface area contributed by atoms with Gasteiger partial charge in [-0.25, -0.2) is 4.79 Å². The fourth-order valence-corrected chi connectivity index (χ4v) is 2.51. The average Bonchev–Trinajstić information content (AvgIpc) is 2.52. The molecule has 0 aromatic heterocycles. The summed E-state index contributed by atoms with van der Waals surface area (Å²) in [6.45, 7) is 3.82. The summed E-state index contributed by atoms with van der Waals surface area (Å²) in [6, 6.07) is 3.82. The van der Waals surface area contributed by atoms with Crippen molar-refractivity contribution in [3.63, 3.8) is 0 Å². The van der Waals surface area contributed by atoms with Crippen molar-refractivity contribution >= 4 is 17.5 Å². The van der Waals surface area contributed by atoms with Gasteiger partial charge in [-0.1, -0.05) is 0 Å². The average molecular weight is 373 g/mol. The molecule has 0 saturated carbocycles. The van der Waals surface area contributed by atoms with Gasteiger partial charge < -0.3 is 19.3 Å². The highest BCUT2D eigenvalue weighted by atomic mass is 19.3. The monoisotopic (exact) mass is 373 g/mol. The first-order chi connectivity index (χ1) is 12.1. The van der Waals surface area contributed by atoms with Gasteiger partial charge in [0.25, 0.3) is 0 Å². The van der Waals surface area contributed by atoms with E-state index in [1.54, 1.807) is 25.7 Å². The van der Waals surface area contributed by atoms with Crippen LogP contribution >= 0.6 is 0 Å². The standard InChI is InChI=1S/C16H21F2N3O5/c1-16(2,3)26-15(22)20-8-6-19(7-9-20)11-4-5-12(21(23)24)13(10-11)25-14(17)18/h4-5,10,14H,6-9H2,1-3H3. The van der Waals surface area contributed by atoms with E-state index in [-0.39, 0.29) is 0 Å². The lowest BCUT2D eigenvalue weighted by molar-refractivity contribution is -0.386. The van der Waals surface area contributed by atoms with E-state index in [1.165, 1.54) is 12.1 Å². The second kappa shape index (κ2) is 7.71. The Bertz CT molecular complexity index is 670. The number of benzene rings is 1. The number of alkyl halides is 2. The number of hydrogen-bond acceptors (Lipinski definition) is 6. The number of rotatable bonds is 4. The lowest BCUT2D eigenvalue weighted by Gasteiger charge is -2.36. The Kier molecular flexibility index (Phi) is 5.83. The van der Waals surface area contributed by atoms with E-state index >= 15 is 0 Å². The largest absolute Gasteiger partial charge is 0.444 e. The molecular weight excluding hydrogens is 352 g/mol. The Morgan fingerprint density at radius 3 is 2.35 bits per heavy atom. The molecule has 1 fully saturated rings. The fraction of sp³-hybridized carbons (Fsp3) is 0.562. The second-order valence-electron chi connectivity index (χ2n) is 6.74. The van der Waals surface area contributed by atoms with Crippen LogP contribution in [0, 0.1) is 10.1 Å². The molecule has 1 aliphatic heterocycles. The zero-order chi connectivity index (χ0) is 19.5. The van der Waals surface area contributed by atoms with Crippen LogP contribution in [0.25, 0.3) is 0 Å². The van der Waals surface area contributed by atoms with Gasteiger partial charge in [0.2, 0.25) is 5.75 Å². The molecule has 1 aromatic carbocycles. The number of anilines is 1. The number of halogens is 2. The minimum Gasteiger partial charge on any atom is -0.444 e. The number of hydrogen-bond donors (Lipinski definition) is 0. The van der Waals surface area contributed by atoms with Gasteiger partial charge in [-0.2, -0.15) is 8.78 Å². The fourth-order valence-electron chi connectivity index (χ4n) is 2.51. The van der Waals surface area contributed by atoms with Crippen molar-refractivity contribution in [1.29, 1.82) is 0 Å². The molecule has 1 saturated heterocycles. The molecule has 8 nitrogen and oxygen atoms in total. The van der Waals surface area contributed by atoms with Crippen LogP contribution in [0.1, 0.15) is 20.8 Å². The van der Waals surface area contributed by atoms with E-state index in [1.807, 2.05) is 4.90 Å². The Hall–Kier alpha value is -2.65. The molecule has 0 atom stereocenters. The first-order valence-electron chi connectivity index (χ1n) is 8.03. The number of nitro groups is 1. The summed E-state index contributed by atoms with van der Waals surface area (Å²) in [4.78, 5) is 25.6. The molecule has 144 valence electrons. The van der Waals surface area contributed by atoms with Crippen LogP contribution in [-0.2, 0) is 4.74 Å². The van der Waals surface area contributed by atoms with Crippen molar-refractivity contribution in [2.45, 2.75) is 33.0 Å². The van der Waals surface area contributed by atoms with Crippen molar-refractivity contribution < 1.29 is 28.0 Å². The molecule has 0 N–H and O–H groups in total. The minimum absolute atomic E-state index is 0.386. The molecule has 0 bridgehead atoms. The molecule has 1 amide bonds. The van der Waals surface area contributed by atoms with Crippen LogP contribution in [-0.4, -0.2) is 54.3 Å². The minimum atomic E-state index is -3.16. The van der Waals surface area contributed by atoms with E-state index < -0.39 is 34.7 Å². The zero-order valence-electron chi connectivity index (χ0n) is 14.8. The summed E-state index contributed by atoms with van der Waals surface area (Å²) in [6.07, 6.45) is -0.414. The Labute approximate surface area is 149 Å². The highest BCUT2D eigenvalue weighted by Crippen LogP contribution is 2.33. The number of nitrogens with zero attached hydrogens (tertiary/aromatic N) is 3. The summed E-state index contributed by atoms with van der Waals surface area (Å²) >= 11 is 0. The van der Waals surface area contributed by atoms with E-state index in [0.717, 1.165) is 6.07 Å². The smallest absolute Gasteiger partial charge is 0.410 e. The summed E-state index contributed by atoms with van der Waals surface area (Å²) < 4.78 is 34.6.